The molecule has 3 aromatic carbocycles. The van der Waals surface area contributed by atoms with Gasteiger partial charge in [-0.2, -0.15) is 0 Å². The zero-order chi connectivity index (χ0) is 23.3. The van der Waals surface area contributed by atoms with Crippen LogP contribution >= 0.6 is 0 Å². The van der Waals surface area contributed by atoms with Crippen LogP contribution in [0.25, 0.3) is 10.8 Å². The maximum absolute atomic E-state index is 12.9. The molecule has 0 radical (unpaired) electrons. The number of fused-ring (bicyclic) bond motifs is 1. The molecule has 5 rings (SSSR count). The van der Waals surface area contributed by atoms with Crippen molar-refractivity contribution in [2.45, 2.75) is 39.4 Å². The van der Waals surface area contributed by atoms with Crippen molar-refractivity contribution >= 4 is 16.7 Å². The van der Waals surface area contributed by atoms with Crippen LogP contribution in [0.1, 0.15) is 35.4 Å². The number of aromatic nitrogens is 2. The van der Waals surface area contributed by atoms with E-state index >= 15 is 0 Å². The number of carbonyl (C=O) groups is 1. The normalized spacial score (nSPS) is 16.6. The van der Waals surface area contributed by atoms with E-state index in [0.717, 1.165) is 50.4 Å². The summed E-state index contributed by atoms with van der Waals surface area (Å²) in [6.45, 7) is 6.15. The van der Waals surface area contributed by atoms with Gasteiger partial charge in [0.05, 0.1) is 5.92 Å². The molecule has 2 heterocycles. The molecule has 174 valence electrons. The molecule has 5 nitrogen and oxygen atoms in total. The zero-order valence-corrected chi connectivity index (χ0v) is 19.8. The lowest BCUT2D eigenvalue weighted by Crippen LogP contribution is -2.42. The predicted octanol–water partition coefficient (Wildman–Crippen LogP) is 4.92. The van der Waals surface area contributed by atoms with E-state index in [9.17, 15) is 4.79 Å². The van der Waals surface area contributed by atoms with Crippen LogP contribution in [0.15, 0.2) is 79.1 Å². The molecule has 1 amide bonds. The van der Waals surface area contributed by atoms with E-state index in [1.165, 1.54) is 21.9 Å². The quantitative estimate of drug-likeness (QED) is 0.433. The van der Waals surface area contributed by atoms with Gasteiger partial charge in [-0.25, -0.2) is 4.98 Å². The molecule has 1 aromatic heterocycles. The third-order valence-electron chi connectivity index (χ3n) is 6.92. The molecule has 0 aliphatic carbocycles. The summed E-state index contributed by atoms with van der Waals surface area (Å²) in [5.74, 6) is 1.23. The van der Waals surface area contributed by atoms with Crippen LogP contribution in [0, 0.1) is 12.8 Å². The summed E-state index contributed by atoms with van der Waals surface area (Å²) in [4.78, 5) is 19.7. The maximum atomic E-state index is 12.9. The number of nitrogens with zero attached hydrogens (tertiary/aromatic N) is 3. The minimum absolute atomic E-state index is 0.0483. The Morgan fingerprint density at radius 2 is 1.79 bits per heavy atom. The standard InChI is InChI=1S/C29H32N4O/c1-22-30-15-17-33(22)19-24-13-11-23(12-14-24)18-31-29(34)27-9-5-16-32(21-27)20-26-8-4-7-25-6-2-3-10-28(25)26/h2-4,6-8,10-15,17,27H,5,9,16,18-21H2,1H3,(H,31,34). The van der Waals surface area contributed by atoms with Crippen molar-refractivity contribution in [3.8, 4) is 0 Å². The van der Waals surface area contributed by atoms with Gasteiger partial charge in [0, 0.05) is 38.6 Å². The molecule has 34 heavy (non-hydrogen) atoms. The second kappa shape index (κ2) is 10.2. The highest BCUT2D eigenvalue weighted by molar-refractivity contribution is 5.85. The van der Waals surface area contributed by atoms with Gasteiger partial charge in [0.2, 0.25) is 5.91 Å². The van der Waals surface area contributed by atoms with E-state index in [2.05, 4.69) is 86.5 Å². The molecule has 0 saturated carbocycles. The lowest BCUT2D eigenvalue weighted by atomic mass is 9.96. The first-order valence-corrected chi connectivity index (χ1v) is 12.2. The topological polar surface area (TPSA) is 50.2 Å². The van der Waals surface area contributed by atoms with Crippen molar-refractivity contribution in [3.05, 3.63) is 102 Å². The summed E-state index contributed by atoms with van der Waals surface area (Å²) < 4.78 is 2.13. The van der Waals surface area contributed by atoms with Gasteiger partial charge in [0.1, 0.15) is 5.82 Å². The summed E-state index contributed by atoms with van der Waals surface area (Å²) in [5.41, 5.74) is 3.69. The van der Waals surface area contributed by atoms with Gasteiger partial charge < -0.3 is 9.88 Å². The van der Waals surface area contributed by atoms with Gasteiger partial charge in [-0.1, -0.05) is 66.7 Å². The fourth-order valence-electron chi connectivity index (χ4n) is 4.95. The largest absolute Gasteiger partial charge is 0.352 e. The maximum Gasteiger partial charge on any atom is 0.224 e. The van der Waals surface area contributed by atoms with Crippen molar-refractivity contribution in [1.29, 1.82) is 0 Å². The van der Waals surface area contributed by atoms with Gasteiger partial charge >= 0.3 is 0 Å². The van der Waals surface area contributed by atoms with Crippen molar-refractivity contribution in [2.24, 2.45) is 5.92 Å². The Kier molecular flexibility index (Phi) is 6.72. The molecule has 1 aliphatic rings. The molecule has 1 fully saturated rings. The van der Waals surface area contributed by atoms with Gasteiger partial charge in [-0.05, 0) is 53.8 Å². The highest BCUT2D eigenvalue weighted by atomic mass is 16.1. The molecule has 5 heteroatoms. The molecule has 4 aromatic rings. The Morgan fingerprint density at radius 1 is 1.00 bits per heavy atom. The third kappa shape index (κ3) is 5.20. The Labute approximate surface area is 201 Å². The van der Waals surface area contributed by atoms with Gasteiger partial charge in [-0.3, -0.25) is 9.69 Å². The van der Waals surface area contributed by atoms with Gasteiger partial charge in [-0.15, -0.1) is 0 Å². The lowest BCUT2D eigenvalue weighted by Gasteiger charge is -2.32. The number of carbonyl (C=O) groups excluding carboxylic acids is 1. The molecule has 0 bridgehead atoms. The molecule has 0 spiro atoms. The summed E-state index contributed by atoms with van der Waals surface area (Å²) >= 11 is 0. The van der Waals surface area contributed by atoms with Crippen molar-refractivity contribution in [3.63, 3.8) is 0 Å². The SMILES string of the molecule is Cc1nccn1Cc1ccc(CNC(=O)C2CCCN(Cc3cccc4ccccc34)C2)cc1. The average Bonchev–Trinajstić information content (AvgIpc) is 3.28. The van der Waals surface area contributed by atoms with E-state index in [0.29, 0.717) is 6.54 Å². The number of amides is 1. The van der Waals surface area contributed by atoms with E-state index < -0.39 is 0 Å². The number of imidazole rings is 1. The number of likely N-dealkylation sites (tertiary alicyclic amines) is 1. The molecular weight excluding hydrogens is 420 g/mol. The fraction of sp³-hybridized carbons (Fsp3) is 0.310. The number of benzene rings is 3. The Hall–Kier alpha value is -3.44. The van der Waals surface area contributed by atoms with Crippen molar-refractivity contribution in [2.75, 3.05) is 13.1 Å². The van der Waals surface area contributed by atoms with Crippen molar-refractivity contribution in [1.82, 2.24) is 19.8 Å². The average molecular weight is 453 g/mol. The number of aryl methyl sites for hydroxylation is 1. The van der Waals surface area contributed by atoms with Gasteiger partial charge in [0.25, 0.3) is 0 Å². The molecular formula is C29H32N4O. The van der Waals surface area contributed by atoms with Crippen LogP contribution < -0.4 is 5.32 Å². The Bertz CT molecular complexity index is 1260. The molecule has 1 N–H and O–H groups in total. The van der Waals surface area contributed by atoms with E-state index in [-0.39, 0.29) is 11.8 Å². The molecule has 1 unspecified atom stereocenters. The molecule has 1 aliphatic heterocycles. The third-order valence-corrected chi connectivity index (χ3v) is 6.92. The van der Waals surface area contributed by atoms with Crippen LogP contribution in [0.5, 0.6) is 0 Å². The zero-order valence-electron chi connectivity index (χ0n) is 19.8. The second-order valence-electron chi connectivity index (χ2n) is 9.35. The minimum atomic E-state index is 0.0483. The monoisotopic (exact) mass is 452 g/mol. The van der Waals surface area contributed by atoms with Crippen molar-refractivity contribution < 1.29 is 4.79 Å². The first kappa shape index (κ1) is 22.4. The first-order chi connectivity index (χ1) is 16.7. The lowest BCUT2D eigenvalue weighted by molar-refractivity contribution is -0.126. The number of piperidine rings is 1. The highest BCUT2D eigenvalue weighted by Gasteiger charge is 2.25. The Balaban J connectivity index is 1.15. The first-order valence-electron chi connectivity index (χ1n) is 12.2. The summed E-state index contributed by atoms with van der Waals surface area (Å²) in [6, 6.07) is 23.5. The molecule has 1 atom stereocenters. The van der Waals surface area contributed by atoms with Crippen LogP contribution in [0.2, 0.25) is 0 Å². The number of hydrogen-bond donors (Lipinski definition) is 1. The number of rotatable bonds is 7. The summed E-state index contributed by atoms with van der Waals surface area (Å²) in [5, 5.41) is 5.76. The Morgan fingerprint density at radius 3 is 2.62 bits per heavy atom. The smallest absolute Gasteiger partial charge is 0.224 e. The summed E-state index contributed by atoms with van der Waals surface area (Å²) in [6.07, 6.45) is 5.84. The predicted molar refractivity (Wildman–Crippen MR) is 136 cm³/mol. The number of hydrogen-bond acceptors (Lipinski definition) is 3. The summed E-state index contributed by atoms with van der Waals surface area (Å²) in [7, 11) is 0. The van der Waals surface area contributed by atoms with Gasteiger partial charge in [0.15, 0.2) is 0 Å². The van der Waals surface area contributed by atoms with Crippen LogP contribution in [-0.4, -0.2) is 33.4 Å². The highest BCUT2D eigenvalue weighted by Crippen LogP contribution is 2.23. The number of nitrogens with one attached hydrogen (secondary N) is 1. The second-order valence-corrected chi connectivity index (χ2v) is 9.35. The van der Waals surface area contributed by atoms with E-state index in [1.54, 1.807) is 0 Å². The fourth-order valence-corrected chi connectivity index (χ4v) is 4.95. The van der Waals surface area contributed by atoms with Crippen LogP contribution in [-0.2, 0) is 24.4 Å². The molecule has 1 saturated heterocycles. The van der Waals surface area contributed by atoms with Crippen LogP contribution in [0.4, 0.5) is 0 Å². The van der Waals surface area contributed by atoms with E-state index in [4.69, 9.17) is 0 Å². The van der Waals surface area contributed by atoms with E-state index in [1.807, 2.05) is 19.3 Å². The van der Waals surface area contributed by atoms with Crippen LogP contribution in [0.3, 0.4) is 0 Å². The minimum Gasteiger partial charge on any atom is -0.352 e.